The molecule has 0 bridgehead atoms. The van der Waals surface area contributed by atoms with Gasteiger partial charge in [0.2, 0.25) is 0 Å². The van der Waals surface area contributed by atoms with Crippen molar-refractivity contribution >= 4 is 11.9 Å². The van der Waals surface area contributed by atoms with Gasteiger partial charge >= 0.3 is 11.9 Å². The van der Waals surface area contributed by atoms with Gasteiger partial charge in [0.05, 0.1) is 0 Å². The summed E-state index contributed by atoms with van der Waals surface area (Å²) in [5, 5.41) is 15.4. The molecule has 6 nitrogen and oxygen atoms in total. The van der Waals surface area contributed by atoms with Crippen molar-refractivity contribution in [3.05, 3.63) is 0 Å². The zero-order chi connectivity index (χ0) is 12.8. The highest BCUT2D eigenvalue weighted by molar-refractivity contribution is 5.66. The van der Waals surface area contributed by atoms with Gasteiger partial charge in [-0.3, -0.25) is 9.59 Å². The quantitative estimate of drug-likeness (QED) is 0.600. The molecule has 0 aromatic heterocycles. The number of hydrogen-bond acceptors (Lipinski definition) is 4. The molecule has 0 amide bonds. The maximum Gasteiger partial charge on any atom is 0.303 e. The van der Waals surface area contributed by atoms with Crippen LogP contribution in [0.25, 0.3) is 0 Å². The molecular weight excluding hydrogens is 236 g/mol. The van der Waals surface area contributed by atoms with E-state index >= 15 is 0 Å². The predicted molar refractivity (Wildman–Crippen MR) is 73.6 cm³/mol. The van der Waals surface area contributed by atoms with Gasteiger partial charge in [0.25, 0.3) is 0 Å². The van der Waals surface area contributed by atoms with Crippen LogP contribution in [0.3, 0.4) is 0 Å². The largest absolute Gasteiger partial charge is 0.481 e. The standard InChI is InChI=1S/C6H12.2C3H6O2.2H3N/c1-2-4-6-5-3-1;2*1-2-3(4)5;;/h1-6H2;2*2H2,1H3,(H,4,5);2*1H3. The third kappa shape index (κ3) is 36.4. The van der Waals surface area contributed by atoms with Crippen LogP contribution in [0.5, 0.6) is 0 Å². The number of aliphatic carboxylic acids is 2. The number of carboxylic acids is 2. The molecule has 0 aromatic rings. The van der Waals surface area contributed by atoms with E-state index in [2.05, 4.69) is 0 Å². The Morgan fingerprint density at radius 2 is 0.833 bits per heavy atom. The first-order chi connectivity index (χ1) is 7.54. The normalized spacial score (nSPS) is 12.1. The van der Waals surface area contributed by atoms with Crippen molar-refractivity contribution in [2.75, 3.05) is 0 Å². The molecule has 0 heterocycles. The van der Waals surface area contributed by atoms with Crippen LogP contribution in [0.15, 0.2) is 0 Å². The van der Waals surface area contributed by atoms with Gasteiger partial charge in [0.15, 0.2) is 0 Å². The maximum atomic E-state index is 9.37. The number of carbonyl (C=O) groups is 2. The Bertz CT molecular complexity index is 157. The van der Waals surface area contributed by atoms with E-state index in [1.807, 2.05) is 0 Å². The van der Waals surface area contributed by atoms with E-state index in [1.54, 1.807) is 13.8 Å². The molecule has 8 N–H and O–H groups in total. The van der Waals surface area contributed by atoms with Crippen LogP contribution in [0, 0.1) is 0 Å². The van der Waals surface area contributed by atoms with Crippen molar-refractivity contribution in [1.29, 1.82) is 0 Å². The van der Waals surface area contributed by atoms with Crippen molar-refractivity contribution in [3.63, 3.8) is 0 Å². The van der Waals surface area contributed by atoms with Crippen LogP contribution in [0.2, 0.25) is 0 Å². The molecule has 1 fully saturated rings. The topological polar surface area (TPSA) is 145 Å². The fourth-order valence-corrected chi connectivity index (χ4v) is 1.06. The fourth-order valence-electron chi connectivity index (χ4n) is 1.06. The Labute approximate surface area is 110 Å². The molecule has 1 aliphatic rings. The highest BCUT2D eigenvalue weighted by Gasteiger charge is 1.95. The van der Waals surface area contributed by atoms with Crippen LogP contribution in [0.1, 0.15) is 65.2 Å². The molecule has 0 unspecified atom stereocenters. The number of hydrogen-bond donors (Lipinski definition) is 4. The van der Waals surface area contributed by atoms with Crippen LogP contribution < -0.4 is 12.3 Å². The van der Waals surface area contributed by atoms with E-state index in [0.29, 0.717) is 0 Å². The van der Waals surface area contributed by atoms with Crippen LogP contribution in [-0.4, -0.2) is 22.2 Å². The van der Waals surface area contributed by atoms with Gasteiger partial charge in [-0.15, -0.1) is 0 Å². The second-order valence-corrected chi connectivity index (χ2v) is 3.62. The smallest absolute Gasteiger partial charge is 0.303 e. The van der Waals surface area contributed by atoms with E-state index in [9.17, 15) is 9.59 Å². The molecule has 6 heteroatoms. The molecule has 1 aliphatic carbocycles. The molecule has 0 aromatic carbocycles. The van der Waals surface area contributed by atoms with E-state index in [4.69, 9.17) is 10.2 Å². The van der Waals surface area contributed by atoms with E-state index in [0.717, 1.165) is 0 Å². The summed E-state index contributed by atoms with van der Waals surface area (Å²) >= 11 is 0. The van der Waals surface area contributed by atoms with Gasteiger partial charge in [-0.05, 0) is 0 Å². The molecule has 0 radical (unpaired) electrons. The summed E-state index contributed by atoms with van der Waals surface area (Å²) in [7, 11) is 0. The molecular formula is C12H30N2O4. The Morgan fingerprint density at radius 1 is 0.722 bits per heavy atom. The van der Waals surface area contributed by atoms with E-state index in [-0.39, 0.29) is 25.1 Å². The van der Waals surface area contributed by atoms with Crippen molar-refractivity contribution in [1.82, 2.24) is 12.3 Å². The molecule has 0 spiro atoms. The highest BCUT2D eigenvalue weighted by atomic mass is 16.4. The molecule has 1 saturated carbocycles. The summed E-state index contributed by atoms with van der Waals surface area (Å²) in [6.07, 6.45) is 9.44. The molecule has 1 rings (SSSR count). The lowest BCUT2D eigenvalue weighted by molar-refractivity contribution is -0.137. The van der Waals surface area contributed by atoms with Gasteiger partial charge in [0, 0.05) is 12.8 Å². The minimum absolute atomic E-state index is 0. The third-order valence-corrected chi connectivity index (χ3v) is 2.10. The van der Waals surface area contributed by atoms with Crippen molar-refractivity contribution in [2.45, 2.75) is 65.2 Å². The summed E-state index contributed by atoms with van der Waals surface area (Å²) in [4.78, 5) is 18.7. The summed E-state index contributed by atoms with van der Waals surface area (Å²) in [5.74, 6) is -1.49. The molecule has 18 heavy (non-hydrogen) atoms. The van der Waals surface area contributed by atoms with Gasteiger partial charge in [-0.1, -0.05) is 52.4 Å². The van der Waals surface area contributed by atoms with E-state index in [1.165, 1.54) is 38.5 Å². The Balaban J connectivity index is -0.0000000781. The zero-order valence-corrected chi connectivity index (χ0v) is 11.8. The predicted octanol–water partition coefficient (Wildman–Crippen LogP) is 3.63. The zero-order valence-electron chi connectivity index (χ0n) is 11.8. The number of carboxylic acid groups (broad SMARTS) is 2. The lowest BCUT2D eigenvalue weighted by atomic mass is 10.0. The van der Waals surface area contributed by atoms with Crippen LogP contribution >= 0.6 is 0 Å². The van der Waals surface area contributed by atoms with Crippen LogP contribution in [-0.2, 0) is 9.59 Å². The van der Waals surface area contributed by atoms with E-state index < -0.39 is 11.9 Å². The first-order valence-electron chi connectivity index (χ1n) is 5.98. The lowest BCUT2D eigenvalue weighted by Gasteiger charge is -2.05. The van der Waals surface area contributed by atoms with Gasteiger partial charge in [-0.25, -0.2) is 0 Å². The van der Waals surface area contributed by atoms with Crippen molar-refractivity contribution in [3.8, 4) is 0 Å². The summed E-state index contributed by atoms with van der Waals surface area (Å²) in [6.45, 7) is 3.20. The average Bonchev–Trinajstić information content (AvgIpc) is 2.32. The maximum absolute atomic E-state index is 9.37. The van der Waals surface area contributed by atoms with Gasteiger partial charge in [-0.2, -0.15) is 0 Å². The first kappa shape index (κ1) is 25.6. The summed E-state index contributed by atoms with van der Waals surface area (Å²) in [5.41, 5.74) is 0. The monoisotopic (exact) mass is 266 g/mol. The van der Waals surface area contributed by atoms with Gasteiger partial charge < -0.3 is 22.5 Å². The fraction of sp³-hybridized carbons (Fsp3) is 0.833. The SMILES string of the molecule is C1CCCCC1.CCC(=O)O.CCC(=O)O.N.N. The molecule has 0 saturated heterocycles. The minimum Gasteiger partial charge on any atom is -0.481 e. The van der Waals surface area contributed by atoms with Crippen molar-refractivity contribution < 1.29 is 19.8 Å². The second kappa shape index (κ2) is 21.2. The van der Waals surface area contributed by atoms with Crippen molar-refractivity contribution in [2.24, 2.45) is 0 Å². The summed E-state index contributed by atoms with van der Waals surface area (Å²) in [6, 6.07) is 0. The Morgan fingerprint density at radius 3 is 0.889 bits per heavy atom. The van der Waals surface area contributed by atoms with Gasteiger partial charge in [0.1, 0.15) is 0 Å². The lowest BCUT2D eigenvalue weighted by Crippen LogP contribution is -1.86. The number of rotatable bonds is 2. The first-order valence-corrected chi connectivity index (χ1v) is 5.98. The molecule has 112 valence electrons. The third-order valence-electron chi connectivity index (χ3n) is 2.10. The Kier molecular flexibility index (Phi) is 30.2. The minimum atomic E-state index is -0.745. The Hall–Kier alpha value is -1.14. The highest BCUT2D eigenvalue weighted by Crippen LogP contribution is 2.15. The average molecular weight is 266 g/mol. The molecule has 0 aliphatic heterocycles. The second-order valence-electron chi connectivity index (χ2n) is 3.62. The molecule has 0 atom stereocenters. The van der Waals surface area contributed by atoms with Crippen LogP contribution in [0.4, 0.5) is 0 Å². The summed E-state index contributed by atoms with van der Waals surface area (Å²) < 4.78 is 0.